The van der Waals surface area contributed by atoms with Crippen LogP contribution < -0.4 is 10.6 Å². The summed E-state index contributed by atoms with van der Waals surface area (Å²) in [5, 5.41) is 13.0. The molecule has 1 aliphatic carbocycles. The SMILES string of the molecule is O=C(NC1C(=O)N2CC(CCl)(C(=O)OC(c3ccccc3)c3ccccc3)CS[C@H]12)C(=NOC1(C(=O)OC(c2ccccc2)c2ccccc2)CCCC1)c1csc(NC(c2ccccc2)(c2ccccc2)c2ccccc2)n1. The lowest BCUT2D eigenvalue weighted by molar-refractivity contribution is -0.176. The first kappa shape index (κ1) is 53.0. The smallest absolute Gasteiger partial charge is 0.354 e. The Kier molecular flexibility index (Phi) is 15.8. The van der Waals surface area contributed by atoms with Crippen LogP contribution in [0.25, 0.3) is 0 Å². The highest BCUT2D eigenvalue weighted by atomic mass is 35.5. The summed E-state index contributed by atoms with van der Waals surface area (Å²) in [5.41, 5.74) is 2.16. The van der Waals surface area contributed by atoms with Gasteiger partial charge in [0.15, 0.2) is 23.1 Å². The molecule has 0 radical (unpaired) electrons. The van der Waals surface area contributed by atoms with E-state index in [0.29, 0.717) is 18.0 Å². The number of halogens is 1. The second-order valence-electron chi connectivity index (χ2n) is 20.0. The molecule has 2 unspecified atom stereocenters. The van der Waals surface area contributed by atoms with Crippen molar-refractivity contribution in [1.29, 1.82) is 0 Å². The Bertz CT molecular complexity index is 3240. The Morgan fingerprint density at radius 3 is 1.52 bits per heavy atom. The number of nitrogens with zero attached hydrogens (tertiary/aromatic N) is 3. The number of amides is 2. The number of thioether (sulfide) groups is 1. The molecule has 3 heterocycles. The Hall–Kier alpha value is -8.04. The van der Waals surface area contributed by atoms with Crippen LogP contribution in [-0.2, 0) is 39.0 Å². The van der Waals surface area contributed by atoms with Crippen molar-refractivity contribution in [3.8, 4) is 0 Å². The fourth-order valence-electron chi connectivity index (χ4n) is 10.7. The average Bonchev–Trinajstić information content (AvgIpc) is 4.24. The first-order valence-corrected chi connectivity index (χ1v) is 28.7. The molecule has 2 amide bonds. The lowest BCUT2D eigenvalue weighted by Gasteiger charge is -2.53. The van der Waals surface area contributed by atoms with Gasteiger partial charge in [-0.2, -0.15) is 0 Å². The molecule has 0 bridgehead atoms. The zero-order valence-corrected chi connectivity index (χ0v) is 45.3. The van der Waals surface area contributed by atoms with Crippen molar-refractivity contribution < 1.29 is 33.5 Å². The molecule has 11 rings (SSSR count). The molecule has 15 heteroatoms. The number of benzene rings is 7. The number of ether oxygens (including phenoxy) is 2. The van der Waals surface area contributed by atoms with Gasteiger partial charge in [-0.05, 0) is 51.8 Å². The molecule has 3 fully saturated rings. The number of hydrogen-bond acceptors (Lipinski definition) is 12. The average molecular weight is 1110 g/mol. The van der Waals surface area contributed by atoms with Crippen LogP contribution in [0.4, 0.5) is 5.13 Å². The summed E-state index contributed by atoms with van der Waals surface area (Å²) in [6, 6.07) is 67.2. The van der Waals surface area contributed by atoms with Gasteiger partial charge in [0.1, 0.15) is 28.1 Å². The molecule has 2 saturated heterocycles. The highest BCUT2D eigenvalue weighted by Crippen LogP contribution is 2.46. The lowest BCUT2D eigenvalue weighted by Crippen LogP contribution is -2.74. The Labute approximate surface area is 472 Å². The van der Waals surface area contributed by atoms with Gasteiger partial charge in [0.2, 0.25) is 11.5 Å². The first-order chi connectivity index (χ1) is 38.7. The van der Waals surface area contributed by atoms with E-state index >= 15 is 4.79 Å². The quantitative estimate of drug-likeness (QED) is 0.0200. The molecule has 3 atom stereocenters. The highest BCUT2D eigenvalue weighted by Gasteiger charge is 2.58. The zero-order valence-electron chi connectivity index (χ0n) is 42.9. The van der Waals surface area contributed by atoms with E-state index in [4.69, 9.17) is 30.9 Å². The summed E-state index contributed by atoms with van der Waals surface area (Å²) >= 11 is 9.30. The second-order valence-corrected chi connectivity index (χ2v) is 22.2. The van der Waals surface area contributed by atoms with Crippen LogP contribution in [0.5, 0.6) is 0 Å². The molecule has 0 spiro atoms. The first-order valence-electron chi connectivity index (χ1n) is 26.3. The third kappa shape index (κ3) is 10.8. The molecule has 1 saturated carbocycles. The summed E-state index contributed by atoms with van der Waals surface area (Å²) in [6.45, 7) is -0.0107. The molecule has 8 aromatic rings. The number of carbonyl (C=O) groups is 4. The van der Waals surface area contributed by atoms with Crippen molar-refractivity contribution in [1.82, 2.24) is 15.2 Å². The minimum absolute atomic E-state index is 0.0107. The molecule has 2 aliphatic heterocycles. The van der Waals surface area contributed by atoms with Gasteiger partial charge in [0.05, 0.1) is 0 Å². The van der Waals surface area contributed by atoms with Gasteiger partial charge in [-0.15, -0.1) is 34.7 Å². The number of esters is 2. The van der Waals surface area contributed by atoms with Gasteiger partial charge < -0.3 is 29.8 Å². The van der Waals surface area contributed by atoms with E-state index < -0.39 is 63.9 Å². The Morgan fingerprint density at radius 1 is 0.646 bits per heavy atom. The van der Waals surface area contributed by atoms with Gasteiger partial charge in [-0.1, -0.05) is 217 Å². The summed E-state index contributed by atoms with van der Waals surface area (Å²) in [5.74, 6) is -2.17. The van der Waals surface area contributed by atoms with Crippen LogP contribution in [0.15, 0.2) is 223 Å². The fourth-order valence-corrected chi connectivity index (χ4v) is 13.4. The zero-order chi connectivity index (χ0) is 54.2. The number of hydrogen-bond donors (Lipinski definition) is 2. The summed E-state index contributed by atoms with van der Waals surface area (Å²) in [6.07, 6.45) is 0.429. The molecule has 1 aromatic heterocycles. The minimum Gasteiger partial charge on any atom is -0.452 e. The Balaban J connectivity index is 0.900. The fraction of sp³-hybridized carbons (Fsp3) is 0.219. The van der Waals surface area contributed by atoms with Gasteiger partial charge in [-0.3, -0.25) is 14.4 Å². The largest absolute Gasteiger partial charge is 0.452 e. The van der Waals surface area contributed by atoms with E-state index in [2.05, 4.69) is 52.2 Å². The maximum atomic E-state index is 15.1. The second kappa shape index (κ2) is 23.5. The normalized spacial score (nSPS) is 18.7. The van der Waals surface area contributed by atoms with Gasteiger partial charge in [0, 0.05) is 36.4 Å². The minimum atomic E-state index is -1.55. The van der Waals surface area contributed by atoms with Crippen molar-refractivity contribution in [2.45, 2.75) is 60.4 Å². The molecular weight excluding hydrogens is 1050 g/mol. The van der Waals surface area contributed by atoms with Crippen molar-refractivity contribution >= 4 is 69.3 Å². The number of aromatic nitrogens is 1. The summed E-state index contributed by atoms with van der Waals surface area (Å²) in [4.78, 5) is 71.6. The van der Waals surface area contributed by atoms with Gasteiger partial charge in [-0.25, -0.2) is 9.78 Å². The Morgan fingerprint density at radius 2 is 1.08 bits per heavy atom. The van der Waals surface area contributed by atoms with E-state index in [1.165, 1.54) is 23.1 Å². The van der Waals surface area contributed by atoms with Crippen molar-refractivity contribution in [3.63, 3.8) is 0 Å². The van der Waals surface area contributed by atoms with Crippen LogP contribution >= 0.6 is 34.7 Å². The third-order valence-electron chi connectivity index (χ3n) is 15.0. The molecule has 3 aliphatic rings. The molecule has 7 aromatic carbocycles. The van der Waals surface area contributed by atoms with E-state index in [0.717, 1.165) is 38.9 Å². The van der Waals surface area contributed by atoms with E-state index in [1.807, 2.05) is 176 Å². The van der Waals surface area contributed by atoms with E-state index in [-0.39, 0.29) is 42.4 Å². The summed E-state index contributed by atoms with van der Waals surface area (Å²) in [7, 11) is 0. The van der Waals surface area contributed by atoms with Crippen molar-refractivity contribution in [2.75, 3.05) is 23.5 Å². The summed E-state index contributed by atoms with van der Waals surface area (Å²) < 4.78 is 12.7. The van der Waals surface area contributed by atoms with Crippen LogP contribution in [0.2, 0.25) is 0 Å². The van der Waals surface area contributed by atoms with Crippen LogP contribution in [0.1, 0.15) is 82.5 Å². The van der Waals surface area contributed by atoms with Gasteiger partial charge in [0.25, 0.3) is 5.91 Å². The maximum absolute atomic E-state index is 15.1. The van der Waals surface area contributed by atoms with E-state index in [1.54, 1.807) is 10.3 Å². The number of carbonyl (C=O) groups excluding carboxylic acids is 4. The predicted molar refractivity (Wildman–Crippen MR) is 308 cm³/mol. The van der Waals surface area contributed by atoms with Crippen LogP contribution in [0.3, 0.4) is 0 Å². The molecule has 12 nitrogen and oxygen atoms in total. The van der Waals surface area contributed by atoms with Gasteiger partial charge >= 0.3 is 11.9 Å². The predicted octanol–water partition coefficient (Wildman–Crippen LogP) is 11.9. The standard InChI is InChI=1S/C64H56ClN5O7S2/c65-41-62(59(73)75-54(44-24-8-1-9-25-44)45-26-10-2-11-27-45)42-70-57(72)53(58(70)79-43-62)67-56(71)52(69-77-63(38-22-23-39-63)60(74)76-55(46-28-12-3-13-29-46)47-30-14-4-15-31-47)51-40-78-61(66-51)68-64(48-32-16-5-17-33-48,49-34-18-6-19-35-49)50-36-20-7-21-37-50/h1-21,24-37,40,53-55,58H,22-23,38-39,41-43H2,(H,66,68)(H,67,71)/t53?,58-,62?/m1/s1. The number of rotatable bonds is 19. The number of anilines is 1. The number of fused-ring (bicyclic) bond motifs is 1. The van der Waals surface area contributed by atoms with Crippen molar-refractivity contribution in [3.05, 3.63) is 262 Å². The molecule has 398 valence electrons. The number of oxime groups is 1. The number of alkyl halides is 1. The topological polar surface area (TPSA) is 149 Å². The van der Waals surface area contributed by atoms with Crippen molar-refractivity contribution in [2.24, 2.45) is 10.6 Å². The highest BCUT2D eigenvalue weighted by molar-refractivity contribution is 8.00. The molecular formula is C64H56ClN5O7S2. The van der Waals surface area contributed by atoms with E-state index in [9.17, 15) is 14.4 Å². The molecule has 2 N–H and O–H groups in total. The number of β-lactam (4-membered cyclic amide) rings is 1. The van der Waals surface area contributed by atoms with Crippen LogP contribution in [0, 0.1) is 5.41 Å². The number of thiazole rings is 1. The third-order valence-corrected chi connectivity index (χ3v) is 17.8. The molecule has 79 heavy (non-hydrogen) atoms. The maximum Gasteiger partial charge on any atom is 0.354 e. The monoisotopic (exact) mass is 1110 g/mol. The number of nitrogens with one attached hydrogen (secondary N) is 2. The lowest BCUT2D eigenvalue weighted by atomic mass is 9.77. The van der Waals surface area contributed by atoms with Crippen LogP contribution in [-0.4, -0.2) is 74.5 Å².